The van der Waals surface area contributed by atoms with Crippen LogP contribution in [0.3, 0.4) is 0 Å². The summed E-state index contributed by atoms with van der Waals surface area (Å²) >= 11 is 3.20. The number of carbonyl (C=O) groups is 1. The van der Waals surface area contributed by atoms with Crippen molar-refractivity contribution in [1.82, 2.24) is 29.3 Å². The van der Waals surface area contributed by atoms with Gasteiger partial charge in [-0.1, -0.05) is 0 Å². The summed E-state index contributed by atoms with van der Waals surface area (Å²) in [6.07, 6.45) is -4.63. The van der Waals surface area contributed by atoms with E-state index < -0.39 is 17.8 Å². The van der Waals surface area contributed by atoms with Gasteiger partial charge in [0, 0.05) is 37.6 Å². The Morgan fingerprint density at radius 3 is 2.43 bits per heavy atom. The van der Waals surface area contributed by atoms with Crippen LogP contribution in [0.5, 0.6) is 0 Å². The predicted molar refractivity (Wildman–Crippen MR) is 98.9 cm³/mol. The average Bonchev–Trinajstić information content (AvgIpc) is 3.04. The minimum Gasteiger partial charge on any atom is -0.336 e. The van der Waals surface area contributed by atoms with Crippen LogP contribution in [-0.4, -0.2) is 42.2 Å². The van der Waals surface area contributed by atoms with E-state index in [0.29, 0.717) is 4.52 Å². The Morgan fingerprint density at radius 1 is 1.25 bits per heavy atom. The number of rotatable bonds is 3. The Hall–Kier alpha value is -2.43. The van der Waals surface area contributed by atoms with Crippen molar-refractivity contribution >= 4 is 27.5 Å². The highest BCUT2D eigenvalue weighted by molar-refractivity contribution is 9.10. The second-order valence-corrected chi connectivity index (χ2v) is 7.41. The predicted octanol–water partition coefficient (Wildman–Crippen LogP) is 3.44. The normalized spacial score (nSPS) is 12.0. The highest BCUT2D eigenvalue weighted by Gasteiger charge is 2.36. The van der Waals surface area contributed by atoms with E-state index in [1.54, 1.807) is 18.8 Å². The number of alkyl halides is 3. The highest BCUT2D eigenvalue weighted by atomic mass is 79.9. The molecular formula is C17H18BrF3N6O. The van der Waals surface area contributed by atoms with E-state index in [9.17, 15) is 18.0 Å². The van der Waals surface area contributed by atoms with E-state index in [-0.39, 0.29) is 28.1 Å². The van der Waals surface area contributed by atoms with E-state index in [1.165, 1.54) is 11.8 Å². The Bertz CT molecular complexity index is 1090. The second-order valence-electron chi connectivity index (χ2n) is 6.61. The van der Waals surface area contributed by atoms with Gasteiger partial charge >= 0.3 is 6.18 Å². The van der Waals surface area contributed by atoms with Crippen molar-refractivity contribution < 1.29 is 18.0 Å². The highest BCUT2D eigenvalue weighted by Crippen LogP contribution is 2.32. The summed E-state index contributed by atoms with van der Waals surface area (Å²) in [7, 11) is 3.37. The second kappa shape index (κ2) is 6.87. The molecule has 0 aliphatic heterocycles. The molecule has 11 heteroatoms. The first-order valence-electron chi connectivity index (χ1n) is 8.29. The minimum absolute atomic E-state index is 0.0576. The fourth-order valence-corrected chi connectivity index (χ4v) is 3.49. The minimum atomic E-state index is -4.63. The van der Waals surface area contributed by atoms with Crippen LogP contribution in [0.25, 0.3) is 5.65 Å². The van der Waals surface area contributed by atoms with E-state index in [4.69, 9.17) is 0 Å². The van der Waals surface area contributed by atoms with E-state index >= 15 is 0 Å². The van der Waals surface area contributed by atoms with Crippen LogP contribution in [-0.2, 0) is 19.8 Å². The molecule has 0 saturated heterocycles. The average molecular weight is 459 g/mol. The van der Waals surface area contributed by atoms with Crippen LogP contribution in [0.1, 0.15) is 38.8 Å². The summed E-state index contributed by atoms with van der Waals surface area (Å²) < 4.78 is 42.6. The first-order valence-corrected chi connectivity index (χ1v) is 9.08. The van der Waals surface area contributed by atoms with Crippen molar-refractivity contribution in [3.8, 4) is 0 Å². The van der Waals surface area contributed by atoms with Crippen molar-refractivity contribution in [2.45, 2.75) is 33.5 Å². The Labute approximate surface area is 167 Å². The van der Waals surface area contributed by atoms with Gasteiger partial charge in [-0.15, -0.1) is 0 Å². The largest absolute Gasteiger partial charge is 0.433 e. The van der Waals surface area contributed by atoms with Gasteiger partial charge in [-0.25, -0.2) is 9.50 Å². The maximum absolute atomic E-state index is 13.4. The van der Waals surface area contributed by atoms with Gasteiger partial charge in [-0.05, 0) is 42.8 Å². The number of amides is 1. The van der Waals surface area contributed by atoms with E-state index in [2.05, 4.69) is 31.1 Å². The van der Waals surface area contributed by atoms with Gasteiger partial charge in [0.2, 0.25) is 0 Å². The third-order valence-electron chi connectivity index (χ3n) is 4.55. The van der Waals surface area contributed by atoms with E-state index in [0.717, 1.165) is 23.0 Å². The van der Waals surface area contributed by atoms with Crippen molar-refractivity contribution in [2.75, 3.05) is 7.05 Å². The summed E-state index contributed by atoms with van der Waals surface area (Å²) in [5.41, 5.74) is 1.56. The third-order valence-corrected chi connectivity index (χ3v) is 5.28. The Kier molecular flexibility index (Phi) is 4.98. The molecule has 0 aliphatic rings. The van der Waals surface area contributed by atoms with Crippen molar-refractivity contribution in [3.63, 3.8) is 0 Å². The van der Waals surface area contributed by atoms with Crippen LogP contribution in [0.4, 0.5) is 13.2 Å². The molecule has 0 N–H and O–H groups in total. The van der Waals surface area contributed by atoms with Crippen LogP contribution in [0.2, 0.25) is 0 Å². The molecule has 0 spiro atoms. The zero-order chi connectivity index (χ0) is 21.0. The summed E-state index contributed by atoms with van der Waals surface area (Å²) in [4.78, 5) is 18.4. The molecule has 3 rings (SSSR count). The molecule has 0 bridgehead atoms. The number of aromatic nitrogens is 5. The van der Waals surface area contributed by atoms with Gasteiger partial charge in [-0.2, -0.15) is 23.4 Å². The van der Waals surface area contributed by atoms with Gasteiger partial charge in [0.25, 0.3) is 5.91 Å². The molecule has 0 fully saturated rings. The van der Waals surface area contributed by atoms with Crippen molar-refractivity contribution in [1.29, 1.82) is 0 Å². The molecule has 3 aromatic heterocycles. The molecule has 0 saturated carbocycles. The summed E-state index contributed by atoms with van der Waals surface area (Å²) in [6.45, 7) is 5.43. The van der Waals surface area contributed by atoms with Crippen molar-refractivity contribution in [3.05, 3.63) is 44.6 Å². The van der Waals surface area contributed by atoms with Gasteiger partial charge in [0.15, 0.2) is 11.3 Å². The number of hydrogen-bond donors (Lipinski definition) is 0. The zero-order valence-corrected chi connectivity index (χ0v) is 17.5. The number of carbonyl (C=O) groups excluding carboxylic acids is 1. The maximum atomic E-state index is 13.4. The first kappa shape index (κ1) is 20.3. The molecule has 28 heavy (non-hydrogen) atoms. The lowest BCUT2D eigenvalue weighted by Gasteiger charge is -2.16. The molecule has 0 aromatic carbocycles. The van der Waals surface area contributed by atoms with Crippen LogP contribution >= 0.6 is 15.9 Å². The topological polar surface area (TPSA) is 68.3 Å². The van der Waals surface area contributed by atoms with Crippen molar-refractivity contribution in [2.24, 2.45) is 7.05 Å². The third kappa shape index (κ3) is 3.38. The summed E-state index contributed by atoms with van der Waals surface area (Å²) in [5, 5.41) is 8.22. The van der Waals surface area contributed by atoms with Gasteiger partial charge in [-0.3, -0.25) is 9.48 Å². The number of fused-ring (bicyclic) bond motifs is 1. The first-order chi connectivity index (χ1) is 12.9. The lowest BCUT2D eigenvalue weighted by Crippen LogP contribution is -2.27. The fraction of sp³-hybridized carbons (Fsp3) is 0.412. The Morgan fingerprint density at radius 2 is 1.89 bits per heavy atom. The molecule has 3 heterocycles. The summed E-state index contributed by atoms with van der Waals surface area (Å²) in [5.74, 6) is -0.522. The number of halogens is 4. The fourth-order valence-electron chi connectivity index (χ4n) is 2.99. The summed E-state index contributed by atoms with van der Waals surface area (Å²) in [6, 6.07) is 0.896. The number of aryl methyl sites for hydroxylation is 3. The lowest BCUT2D eigenvalue weighted by atomic mass is 10.2. The monoisotopic (exact) mass is 458 g/mol. The zero-order valence-electron chi connectivity index (χ0n) is 15.9. The quantitative estimate of drug-likeness (QED) is 0.602. The molecule has 0 aliphatic carbocycles. The molecule has 0 atom stereocenters. The van der Waals surface area contributed by atoms with Crippen LogP contribution in [0, 0.1) is 20.8 Å². The molecule has 3 aromatic rings. The smallest absolute Gasteiger partial charge is 0.336 e. The Balaban J connectivity index is 2.03. The number of nitrogens with zero attached hydrogens (tertiary/aromatic N) is 6. The SMILES string of the molecule is Cc1cc(C(F)(F)F)n2nc(C(=O)N(C)Cc3c(C)nn(C)c3C)c(Br)c2n1. The molecule has 0 radical (unpaired) electrons. The van der Waals surface area contributed by atoms with Crippen LogP contribution in [0.15, 0.2) is 10.5 Å². The van der Waals surface area contributed by atoms with Gasteiger partial charge < -0.3 is 4.90 Å². The molecule has 0 unspecified atom stereocenters. The van der Waals surface area contributed by atoms with E-state index in [1.807, 2.05) is 13.8 Å². The maximum Gasteiger partial charge on any atom is 0.433 e. The molecule has 7 nitrogen and oxygen atoms in total. The number of hydrogen-bond acceptors (Lipinski definition) is 4. The van der Waals surface area contributed by atoms with Gasteiger partial charge in [0.1, 0.15) is 5.69 Å². The van der Waals surface area contributed by atoms with Gasteiger partial charge in [0.05, 0.1) is 10.2 Å². The lowest BCUT2D eigenvalue weighted by molar-refractivity contribution is -0.142. The molecular weight excluding hydrogens is 441 g/mol. The molecule has 1 amide bonds. The van der Waals surface area contributed by atoms with Crippen LogP contribution < -0.4 is 0 Å². The molecule has 150 valence electrons. The standard InChI is InChI=1S/C17H18BrF3N6O/c1-8-6-12(17(19,20)21)27-15(22-8)13(18)14(24-27)16(28)25(4)7-11-9(2)23-26(5)10(11)3/h6H,7H2,1-5H3.